The molecule has 0 aromatic carbocycles. The number of nitrogens with two attached hydrogens (primary N) is 1. The first-order valence-electron chi connectivity index (χ1n) is 14.2. The van der Waals surface area contributed by atoms with Crippen LogP contribution in [0, 0.1) is 17.8 Å². The number of piperidine rings is 1. The van der Waals surface area contributed by atoms with Gasteiger partial charge in [0.15, 0.2) is 0 Å². The van der Waals surface area contributed by atoms with Crippen LogP contribution in [0.3, 0.4) is 0 Å². The zero-order chi connectivity index (χ0) is 26.7. The van der Waals surface area contributed by atoms with Gasteiger partial charge in [-0.25, -0.2) is 4.79 Å². The van der Waals surface area contributed by atoms with E-state index in [9.17, 15) is 19.8 Å². The maximum absolute atomic E-state index is 12.8. The van der Waals surface area contributed by atoms with Crippen molar-refractivity contribution in [2.24, 2.45) is 17.8 Å². The maximum Gasteiger partial charge on any atom is 0.333 e. The van der Waals surface area contributed by atoms with E-state index >= 15 is 0 Å². The zero-order valence-electron chi connectivity index (χ0n) is 22.9. The number of aliphatic hydroxyl groups excluding tert-OH is 2. The minimum Gasteiger partial charge on any atom is -0.456 e. The van der Waals surface area contributed by atoms with Crippen molar-refractivity contribution in [2.75, 3.05) is 19.7 Å². The van der Waals surface area contributed by atoms with Crippen LogP contribution in [-0.2, 0) is 23.8 Å². The topological polar surface area (TPSA) is 131 Å². The van der Waals surface area contributed by atoms with Gasteiger partial charge in [-0.05, 0) is 53.0 Å². The van der Waals surface area contributed by atoms with Crippen LogP contribution in [0.4, 0.5) is 0 Å². The van der Waals surface area contributed by atoms with E-state index in [1.807, 2.05) is 13.8 Å². The number of quaternary nitrogens is 1. The summed E-state index contributed by atoms with van der Waals surface area (Å²) in [6, 6.07) is 0. The van der Waals surface area contributed by atoms with E-state index in [0.717, 1.165) is 38.8 Å². The fourth-order valence-electron chi connectivity index (χ4n) is 6.84. The van der Waals surface area contributed by atoms with E-state index in [1.54, 1.807) is 13.0 Å². The summed E-state index contributed by atoms with van der Waals surface area (Å²) in [5, 5.41) is 26.8. The number of carbonyl (C=O) groups excluding carboxylic acids is 2. The van der Waals surface area contributed by atoms with Crippen molar-refractivity contribution in [1.82, 2.24) is 5.32 Å². The fraction of sp³-hybridized carbons (Fsp3) is 0.857. The molecule has 9 heteroatoms. The predicted octanol–water partition coefficient (Wildman–Crippen LogP) is 0.817. The van der Waals surface area contributed by atoms with E-state index in [4.69, 9.17) is 14.2 Å². The molecule has 3 heterocycles. The van der Waals surface area contributed by atoms with Crippen LogP contribution in [0.15, 0.2) is 11.6 Å². The molecule has 0 spiro atoms. The summed E-state index contributed by atoms with van der Waals surface area (Å²) in [6.07, 6.45) is 4.51. The van der Waals surface area contributed by atoms with Crippen LogP contribution in [0.1, 0.15) is 72.6 Å². The number of hydrogen-bond donors (Lipinski definition) is 4. The van der Waals surface area contributed by atoms with Crippen molar-refractivity contribution in [3.8, 4) is 0 Å². The Morgan fingerprint density at radius 2 is 2.08 bits per heavy atom. The van der Waals surface area contributed by atoms with Gasteiger partial charge in [-0.2, -0.15) is 0 Å². The molecule has 5 N–H and O–H groups in total. The highest BCUT2D eigenvalue weighted by molar-refractivity contribution is 5.87. The summed E-state index contributed by atoms with van der Waals surface area (Å²) < 4.78 is 18.8. The number of aliphatic hydroxyl groups is 2. The Morgan fingerprint density at radius 3 is 2.73 bits per heavy atom. The van der Waals surface area contributed by atoms with Crippen LogP contribution in [-0.4, -0.2) is 83.9 Å². The molecule has 4 rings (SSSR count). The van der Waals surface area contributed by atoms with E-state index in [1.165, 1.54) is 0 Å². The molecular weight excluding hydrogens is 476 g/mol. The first-order chi connectivity index (χ1) is 17.7. The summed E-state index contributed by atoms with van der Waals surface area (Å²) >= 11 is 0. The van der Waals surface area contributed by atoms with Crippen LogP contribution >= 0.6 is 0 Å². The molecule has 3 aliphatic heterocycles. The van der Waals surface area contributed by atoms with E-state index in [-0.39, 0.29) is 36.8 Å². The van der Waals surface area contributed by atoms with Gasteiger partial charge in [-0.1, -0.05) is 13.0 Å². The Labute approximate surface area is 220 Å². The van der Waals surface area contributed by atoms with Gasteiger partial charge in [0.25, 0.3) is 0 Å². The molecule has 3 saturated heterocycles. The molecule has 0 bridgehead atoms. The minimum atomic E-state index is -0.930. The lowest BCUT2D eigenvalue weighted by molar-refractivity contribution is -0.708. The number of Topliss-reactive ketones (excluding diaryl/α,β-unsaturated/α-hetero) is 1. The highest BCUT2D eigenvalue weighted by Gasteiger charge is 2.57. The predicted molar refractivity (Wildman–Crippen MR) is 136 cm³/mol. The quantitative estimate of drug-likeness (QED) is 0.272. The number of allylic oxidation sites excluding steroid dienone is 1. The summed E-state index contributed by atoms with van der Waals surface area (Å²) in [5.41, 5.74) is -0.165. The van der Waals surface area contributed by atoms with Gasteiger partial charge >= 0.3 is 5.97 Å². The Balaban J connectivity index is 1.49. The first-order valence-corrected chi connectivity index (χ1v) is 14.2. The number of esters is 1. The molecule has 37 heavy (non-hydrogen) atoms. The minimum absolute atomic E-state index is 0.0719. The number of fused-ring (bicyclic) bond motifs is 2. The molecule has 4 fully saturated rings. The third kappa shape index (κ3) is 6.28. The summed E-state index contributed by atoms with van der Waals surface area (Å²) in [5.74, 6) is -0.829. The Kier molecular flexibility index (Phi) is 9.46. The van der Waals surface area contributed by atoms with Gasteiger partial charge in [-0.15, -0.1) is 0 Å². The van der Waals surface area contributed by atoms with Gasteiger partial charge in [0.2, 0.25) is 0 Å². The van der Waals surface area contributed by atoms with Crippen molar-refractivity contribution in [2.45, 2.75) is 115 Å². The van der Waals surface area contributed by atoms with Crippen molar-refractivity contribution >= 4 is 11.8 Å². The largest absolute Gasteiger partial charge is 0.456 e. The van der Waals surface area contributed by atoms with Gasteiger partial charge in [-0.3, -0.25) is 10.1 Å². The summed E-state index contributed by atoms with van der Waals surface area (Å²) in [6.45, 7) is 9.52. The van der Waals surface area contributed by atoms with Gasteiger partial charge in [0.1, 0.15) is 23.7 Å². The molecule has 4 aliphatic rings. The molecule has 1 aliphatic carbocycles. The summed E-state index contributed by atoms with van der Waals surface area (Å²) in [7, 11) is 0. The van der Waals surface area contributed by atoms with E-state index < -0.39 is 35.9 Å². The SMILES string of the molecule is CC=C(C)C(=O)O[C@@H]1CC2C(CC3OC(CO)CC(=O)C3C2O)O[C@]1(C)CCC1CCC(NCC)[NH2+]C1. The molecule has 0 radical (unpaired) electrons. The third-order valence-corrected chi connectivity index (χ3v) is 9.27. The second-order valence-corrected chi connectivity index (χ2v) is 11.8. The highest BCUT2D eigenvalue weighted by Crippen LogP contribution is 2.48. The fourth-order valence-corrected chi connectivity index (χ4v) is 6.84. The van der Waals surface area contributed by atoms with Crippen molar-refractivity contribution in [3.63, 3.8) is 0 Å². The van der Waals surface area contributed by atoms with Crippen molar-refractivity contribution in [1.29, 1.82) is 0 Å². The molecule has 0 aromatic rings. The Bertz CT molecular complexity index is 842. The van der Waals surface area contributed by atoms with Gasteiger partial charge < -0.3 is 29.7 Å². The lowest BCUT2D eigenvalue weighted by Gasteiger charge is -2.54. The molecule has 8 unspecified atom stereocenters. The summed E-state index contributed by atoms with van der Waals surface area (Å²) in [4.78, 5) is 25.7. The van der Waals surface area contributed by atoms with Crippen molar-refractivity contribution in [3.05, 3.63) is 11.6 Å². The number of carbonyl (C=O) groups is 2. The monoisotopic (exact) mass is 523 g/mol. The molecule has 9 nitrogen and oxygen atoms in total. The normalized spacial score (nSPS) is 42.6. The molecule has 1 saturated carbocycles. The average molecular weight is 524 g/mol. The van der Waals surface area contributed by atoms with Gasteiger partial charge in [0.05, 0.1) is 43.5 Å². The molecule has 0 aromatic heterocycles. The van der Waals surface area contributed by atoms with Crippen LogP contribution in [0.25, 0.3) is 0 Å². The second kappa shape index (κ2) is 12.2. The molecule has 210 valence electrons. The number of ether oxygens (including phenoxy) is 3. The maximum atomic E-state index is 12.8. The molecule has 10 atom stereocenters. The third-order valence-electron chi connectivity index (χ3n) is 9.27. The zero-order valence-corrected chi connectivity index (χ0v) is 22.9. The number of ketones is 1. The van der Waals surface area contributed by atoms with Crippen LogP contribution < -0.4 is 10.6 Å². The standard InChI is InChI=1S/C28H46N2O7/c1-5-16(3)27(34)36-23-12-19-21(13-22-25(26(19)33)20(32)11-18(15-31)35-22)37-28(23,4)10-9-17-7-8-24(29-6-2)30-14-17/h5,17-19,21-26,29-31,33H,6-15H2,1-4H3/p+1/t17?,18?,19?,21?,22?,23-,24?,25?,26?,28-/m1/s1. The second-order valence-electron chi connectivity index (χ2n) is 11.8. The first kappa shape index (κ1) is 28.6. The smallest absolute Gasteiger partial charge is 0.333 e. The number of hydrogen-bond acceptors (Lipinski definition) is 8. The van der Waals surface area contributed by atoms with E-state index in [0.29, 0.717) is 30.5 Å². The van der Waals surface area contributed by atoms with Gasteiger partial charge in [0, 0.05) is 36.7 Å². The van der Waals surface area contributed by atoms with E-state index in [2.05, 4.69) is 17.6 Å². The molecular formula is C28H47N2O7+. The number of nitrogens with one attached hydrogen (secondary N) is 1. The molecule has 0 amide bonds. The van der Waals surface area contributed by atoms with Crippen molar-refractivity contribution < 1.29 is 39.3 Å². The average Bonchev–Trinajstić information content (AvgIpc) is 2.88. The highest BCUT2D eigenvalue weighted by atomic mass is 16.6. The lowest BCUT2D eigenvalue weighted by atomic mass is 9.66. The number of rotatable bonds is 8. The Morgan fingerprint density at radius 1 is 1.30 bits per heavy atom. The lowest BCUT2D eigenvalue weighted by Crippen LogP contribution is -2.95. The van der Waals surface area contributed by atoms with Crippen LogP contribution in [0.5, 0.6) is 0 Å². The van der Waals surface area contributed by atoms with Crippen LogP contribution in [0.2, 0.25) is 0 Å². The Hall–Kier alpha value is -1.36.